The third kappa shape index (κ3) is 4.24. The average Bonchev–Trinajstić information content (AvgIpc) is 2.66. The molecule has 0 unspecified atom stereocenters. The van der Waals surface area contributed by atoms with Crippen molar-refractivity contribution in [2.45, 2.75) is 6.92 Å². The van der Waals surface area contributed by atoms with E-state index in [1.807, 2.05) is 6.92 Å². The van der Waals surface area contributed by atoms with Gasteiger partial charge < -0.3 is 5.32 Å². The summed E-state index contributed by atoms with van der Waals surface area (Å²) in [5.41, 5.74) is 4.19. The van der Waals surface area contributed by atoms with Gasteiger partial charge in [-0.25, -0.2) is 5.43 Å². The second-order valence-corrected chi connectivity index (χ2v) is 6.83. The second kappa shape index (κ2) is 8.28. The summed E-state index contributed by atoms with van der Waals surface area (Å²) in [6.07, 6.45) is 1.08. The maximum Gasteiger partial charge on any atom is 0.271 e. The summed E-state index contributed by atoms with van der Waals surface area (Å²) in [4.78, 5) is 38.2. The molecule has 9 heteroatoms. The maximum absolute atomic E-state index is 12.8. The van der Waals surface area contributed by atoms with Gasteiger partial charge in [0.2, 0.25) is 5.91 Å². The number of carbonyl (C=O) groups excluding carboxylic acids is 3. The summed E-state index contributed by atoms with van der Waals surface area (Å²) in [6, 6.07) is 13.3. The zero-order valence-corrected chi connectivity index (χ0v) is 16.3. The van der Waals surface area contributed by atoms with E-state index >= 15 is 0 Å². The first-order valence-electron chi connectivity index (χ1n) is 8.21. The van der Waals surface area contributed by atoms with Crippen LogP contribution in [0.4, 0.5) is 5.69 Å². The SMILES string of the molecule is Cc1ccc(C(=O)N/N=C\[C@H]2C(=O)NC(=S)N(c3ccc(Cl)cc3)C2=O)cc1. The molecule has 28 heavy (non-hydrogen) atoms. The van der Waals surface area contributed by atoms with Crippen molar-refractivity contribution in [3.8, 4) is 0 Å². The molecule has 0 saturated carbocycles. The van der Waals surface area contributed by atoms with E-state index in [1.54, 1.807) is 48.5 Å². The van der Waals surface area contributed by atoms with E-state index in [2.05, 4.69) is 15.8 Å². The van der Waals surface area contributed by atoms with E-state index in [1.165, 1.54) is 4.90 Å². The van der Waals surface area contributed by atoms with E-state index in [0.29, 0.717) is 16.3 Å². The highest BCUT2D eigenvalue weighted by Gasteiger charge is 2.38. The Hall–Kier alpha value is -3.10. The smallest absolute Gasteiger partial charge is 0.271 e. The summed E-state index contributed by atoms with van der Waals surface area (Å²) in [5.74, 6) is -2.89. The van der Waals surface area contributed by atoms with Gasteiger partial charge in [0.25, 0.3) is 11.8 Å². The van der Waals surface area contributed by atoms with E-state index in [4.69, 9.17) is 23.8 Å². The van der Waals surface area contributed by atoms with Gasteiger partial charge in [0.15, 0.2) is 11.0 Å². The van der Waals surface area contributed by atoms with Gasteiger partial charge in [-0.2, -0.15) is 5.10 Å². The van der Waals surface area contributed by atoms with Gasteiger partial charge in [-0.1, -0.05) is 29.3 Å². The Morgan fingerprint density at radius 3 is 2.46 bits per heavy atom. The van der Waals surface area contributed by atoms with Crippen LogP contribution in [-0.4, -0.2) is 29.0 Å². The molecule has 142 valence electrons. The molecule has 1 atom stereocenters. The summed E-state index contributed by atoms with van der Waals surface area (Å²) in [7, 11) is 0. The molecule has 1 saturated heterocycles. The number of rotatable bonds is 4. The van der Waals surface area contributed by atoms with Crippen LogP contribution in [-0.2, 0) is 9.59 Å². The Bertz CT molecular complexity index is 974. The quantitative estimate of drug-likeness (QED) is 0.348. The summed E-state index contributed by atoms with van der Waals surface area (Å²) in [5, 5.41) is 6.69. The number of amides is 3. The third-order valence-corrected chi connectivity index (χ3v) is 4.53. The Kier molecular flexibility index (Phi) is 5.81. The van der Waals surface area contributed by atoms with E-state index in [-0.39, 0.29) is 5.11 Å². The minimum atomic E-state index is -1.24. The maximum atomic E-state index is 12.8. The van der Waals surface area contributed by atoms with Crippen molar-refractivity contribution in [2.24, 2.45) is 11.0 Å². The fourth-order valence-electron chi connectivity index (χ4n) is 2.50. The minimum Gasteiger partial charge on any atom is -0.301 e. The number of benzene rings is 2. The highest BCUT2D eigenvalue weighted by molar-refractivity contribution is 7.80. The molecule has 2 N–H and O–H groups in total. The van der Waals surface area contributed by atoms with Crippen molar-refractivity contribution in [1.82, 2.24) is 10.7 Å². The highest BCUT2D eigenvalue weighted by atomic mass is 35.5. The molecule has 2 aromatic carbocycles. The van der Waals surface area contributed by atoms with Crippen molar-refractivity contribution in [3.63, 3.8) is 0 Å². The van der Waals surface area contributed by atoms with Gasteiger partial charge in [0, 0.05) is 16.8 Å². The number of nitrogens with zero attached hydrogens (tertiary/aromatic N) is 2. The van der Waals surface area contributed by atoms with Crippen LogP contribution in [0.3, 0.4) is 0 Å². The molecule has 1 fully saturated rings. The molecule has 1 heterocycles. The first kappa shape index (κ1) is 19.7. The van der Waals surface area contributed by atoms with Crippen molar-refractivity contribution in [3.05, 3.63) is 64.7 Å². The molecule has 0 aliphatic carbocycles. The first-order chi connectivity index (χ1) is 13.4. The van der Waals surface area contributed by atoms with Crippen LogP contribution in [0.5, 0.6) is 0 Å². The Morgan fingerprint density at radius 1 is 1.18 bits per heavy atom. The zero-order chi connectivity index (χ0) is 20.3. The van der Waals surface area contributed by atoms with E-state index < -0.39 is 23.6 Å². The number of anilines is 1. The zero-order valence-electron chi connectivity index (χ0n) is 14.7. The van der Waals surface area contributed by atoms with Gasteiger partial charge in [-0.15, -0.1) is 0 Å². The van der Waals surface area contributed by atoms with E-state index in [0.717, 1.165) is 11.8 Å². The second-order valence-electron chi connectivity index (χ2n) is 6.01. The van der Waals surface area contributed by atoms with Crippen LogP contribution in [0.2, 0.25) is 5.02 Å². The molecular weight excluding hydrogens is 400 g/mol. The molecule has 1 aliphatic heterocycles. The van der Waals surface area contributed by atoms with Crippen molar-refractivity contribution >= 4 is 58.6 Å². The number of halogens is 1. The Labute approximate surface area is 171 Å². The lowest BCUT2D eigenvalue weighted by molar-refractivity contribution is -0.130. The van der Waals surface area contributed by atoms with Crippen LogP contribution in [0, 0.1) is 12.8 Å². The van der Waals surface area contributed by atoms with Crippen LogP contribution in [0.25, 0.3) is 0 Å². The number of carbonyl (C=O) groups is 3. The van der Waals surface area contributed by atoms with Gasteiger partial charge in [-0.05, 0) is 55.5 Å². The molecule has 0 radical (unpaired) electrons. The minimum absolute atomic E-state index is 0.0364. The van der Waals surface area contributed by atoms with Gasteiger partial charge in [0.05, 0.1) is 5.69 Å². The lowest BCUT2D eigenvalue weighted by Gasteiger charge is -2.30. The first-order valence-corrected chi connectivity index (χ1v) is 9.00. The predicted octanol–water partition coefficient (Wildman–Crippen LogP) is 2.43. The van der Waals surface area contributed by atoms with Gasteiger partial charge >= 0.3 is 0 Å². The molecule has 7 nitrogen and oxygen atoms in total. The number of aryl methyl sites for hydroxylation is 1. The molecule has 0 aromatic heterocycles. The van der Waals surface area contributed by atoms with Crippen LogP contribution in [0.15, 0.2) is 53.6 Å². The van der Waals surface area contributed by atoms with Crippen LogP contribution in [0.1, 0.15) is 15.9 Å². The number of hydrogen-bond acceptors (Lipinski definition) is 5. The molecule has 2 aromatic rings. The molecular formula is C19H15ClN4O3S. The number of thiocarbonyl (C=S) groups is 1. The van der Waals surface area contributed by atoms with Crippen molar-refractivity contribution in [2.75, 3.05) is 4.90 Å². The normalized spacial score (nSPS) is 17.0. The van der Waals surface area contributed by atoms with Gasteiger partial charge in [-0.3, -0.25) is 19.3 Å². The average molecular weight is 415 g/mol. The van der Waals surface area contributed by atoms with E-state index in [9.17, 15) is 14.4 Å². The lowest BCUT2D eigenvalue weighted by atomic mass is 10.1. The Balaban J connectivity index is 1.74. The summed E-state index contributed by atoms with van der Waals surface area (Å²) >= 11 is 11.0. The fraction of sp³-hybridized carbons (Fsp3) is 0.105. The Morgan fingerprint density at radius 2 is 1.82 bits per heavy atom. The van der Waals surface area contributed by atoms with Crippen LogP contribution < -0.4 is 15.6 Å². The number of nitrogens with one attached hydrogen (secondary N) is 2. The van der Waals surface area contributed by atoms with Crippen molar-refractivity contribution in [1.29, 1.82) is 0 Å². The lowest BCUT2D eigenvalue weighted by Crippen LogP contribution is -2.58. The molecule has 3 rings (SSSR count). The van der Waals surface area contributed by atoms with Crippen molar-refractivity contribution < 1.29 is 14.4 Å². The highest BCUT2D eigenvalue weighted by Crippen LogP contribution is 2.22. The largest absolute Gasteiger partial charge is 0.301 e. The number of hydrazone groups is 1. The standard InChI is InChI=1S/C19H15ClN4O3S/c1-11-2-4-12(5-3-11)16(25)23-21-10-15-17(26)22-19(28)24(18(15)27)14-8-6-13(20)7-9-14/h2-10,15H,1H3,(H,23,25)(H,22,26,28)/b21-10-/t15-/m0/s1. The van der Waals surface area contributed by atoms with Crippen LogP contribution >= 0.6 is 23.8 Å². The number of hydrogen-bond donors (Lipinski definition) is 2. The molecule has 3 amide bonds. The topological polar surface area (TPSA) is 90.9 Å². The fourth-order valence-corrected chi connectivity index (χ4v) is 2.92. The predicted molar refractivity (Wildman–Crippen MR) is 110 cm³/mol. The van der Waals surface area contributed by atoms with Gasteiger partial charge in [0.1, 0.15) is 0 Å². The summed E-state index contributed by atoms with van der Waals surface area (Å²) < 4.78 is 0. The molecule has 1 aliphatic rings. The summed E-state index contributed by atoms with van der Waals surface area (Å²) in [6.45, 7) is 1.91. The molecule has 0 bridgehead atoms. The molecule has 0 spiro atoms. The third-order valence-electron chi connectivity index (χ3n) is 3.99. The monoisotopic (exact) mass is 414 g/mol.